The van der Waals surface area contributed by atoms with Crippen molar-refractivity contribution >= 4 is 17.6 Å². The SMILES string of the molecule is CCCN1C(=O)N(c2ccc3c(c2)OCO3)C(=O)[C@@H]1COC. The van der Waals surface area contributed by atoms with Crippen LogP contribution in [-0.2, 0) is 9.53 Å². The van der Waals surface area contributed by atoms with Crippen LogP contribution in [0.4, 0.5) is 10.5 Å². The van der Waals surface area contributed by atoms with Crippen LogP contribution in [0.1, 0.15) is 13.3 Å². The first kappa shape index (κ1) is 14.6. The van der Waals surface area contributed by atoms with Crippen LogP contribution in [0.5, 0.6) is 11.5 Å². The lowest BCUT2D eigenvalue weighted by atomic mass is 10.2. The van der Waals surface area contributed by atoms with Gasteiger partial charge < -0.3 is 19.1 Å². The maximum atomic E-state index is 12.6. The van der Waals surface area contributed by atoms with Gasteiger partial charge in [-0.3, -0.25) is 4.79 Å². The van der Waals surface area contributed by atoms with Crippen molar-refractivity contribution in [1.29, 1.82) is 0 Å². The molecule has 3 rings (SSSR count). The molecule has 1 atom stereocenters. The molecule has 0 spiro atoms. The number of hydrogen-bond acceptors (Lipinski definition) is 5. The van der Waals surface area contributed by atoms with E-state index >= 15 is 0 Å². The summed E-state index contributed by atoms with van der Waals surface area (Å²) < 4.78 is 15.6. The minimum atomic E-state index is -0.581. The highest BCUT2D eigenvalue weighted by molar-refractivity contribution is 6.21. The van der Waals surface area contributed by atoms with E-state index in [4.69, 9.17) is 14.2 Å². The summed E-state index contributed by atoms with van der Waals surface area (Å²) in [6, 6.07) is 4.13. The van der Waals surface area contributed by atoms with Crippen molar-refractivity contribution in [2.75, 3.05) is 32.0 Å². The fraction of sp³-hybridized carbons (Fsp3) is 0.467. The number of methoxy groups -OCH3 is 1. The zero-order valence-electron chi connectivity index (χ0n) is 12.6. The molecule has 7 heteroatoms. The number of fused-ring (bicyclic) bond motifs is 1. The summed E-state index contributed by atoms with van der Waals surface area (Å²) in [5, 5.41) is 0. The Hall–Kier alpha value is -2.28. The van der Waals surface area contributed by atoms with Crippen molar-refractivity contribution in [2.45, 2.75) is 19.4 Å². The lowest BCUT2D eigenvalue weighted by Gasteiger charge is -2.20. The van der Waals surface area contributed by atoms with Crippen molar-refractivity contribution < 1.29 is 23.8 Å². The Kier molecular flexibility index (Phi) is 3.89. The van der Waals surface area contributed by atoms with E-state index in [0.29, 0.717) is 23.7 Å². The summed E-state index contributed by atoms with van der Waals surface area (Å²) in [5.74, 6) is 0.871. The van der Waals surface area contributed by atoms with Crippen LogP contribution in [0.3, 0.4) is 0 Å². The molecule has 3 amide bonds. The first-order valence-corrected chi connectivity index (χ1v) is 7.20. The number of anilines is 1. The number of imide groups is 1. The maximum absolute atomic E-state index is 12.6. The van der Waals surface area contributed by atoms with Gasteiger partial charge in [0.2, 0.25) is 6.79 Å². The second-order valence-electron chi connectivity index (χ2n) is 5.16. The summed E-state index contributed by atoms with van der Waals surface area (Å²) in [6.45, 7) is 2.81. The molecular weight excluding hydrogens is 288 g/mol. The van der Waals surface area contributed by atoms with Gasteiger partial charge in [0.25, 0.3) is 5.91 Å². The quantitative estimate of drug-likeness (QED) is 0.773. The fourth-order valence-corrected chi connectivity index (χ4v) is 2.71. The summed E-state index contributed by atoms with van der Waals surface area (Å²) in [6.07, 6.45) is 0.772. The number of urea groups is 1. The van der Waals surface area contributed by atoms with E-state index < -0.39 is 6.04 Å². The van der Waals surface area contributed by atoms with Crippen molar-refractivity contribution in [3.05, 3.63) is 18.2 Å². The van der Waals surface area contributed by atoms with E-state index in [-0.39, 0.29) is 25.3 Å². The van der Waals surface area contributed by atoms with Gasteiger partial charge in [-0.2, -0.15) is 0 Å². The molecule has 7 nitrogen and oxygen atoms in total. The molecule has 2 heterocycles. The normalized spacial score (nSPS) is 20.2. The standard InChI is InChI=1S/C15H18N2O5/c1-3-6-16-11(8-20-2)14(18)17(15(16)19)10-4-5-12-13(7-10)22-9-21-12/h4-5,7,11H,3,6,8-9H2,1-2H3/t11-/m0/s1. The molecule has 0 unspecified atom stereocenters. The summed E-state index contributed by atoms with van der Waals surface area (Å²) in [5.41, 5.74) is 0.485. The van der Waals surface area contributed by atoms with Gasteiger partial charge in [0.05, 0.1) is 12.3 Å². The fourth-order valence-electron chi connectivity index (χ4n) is 2.71. The predicted octanol–water partition coefficient (Wildman–Crippen LogP) is 1.61. The predicted molar refractivity (Wildman–Crippen MR) is 78.1 cm³/mol. The highest BCUT2D eigenvalue weighted by atomic mass is 16.7. The molecule has 2 aliphatic heterocycles. The van der Waals surface area contributed by atoms with Crippen LogP contribution in [0.15, 0.2) is 18.2 Å². The average molecular weight is 306 g/mol. The first-order valence-electron chi connectivity index (χ1n) is 7.20. The van der Waals surface area contributed by atoms with Crippen molar-refractivity contribution in [3.8, 4) is 11.5 Å². The highest BCUT2D eigenvalue weighted by Gasteiger charge is 2.45. The van der Waals surface area contributed by atoms with Gasteiger partial charge in [0, 0.05) is 19.7 Å². The Morgan fingerprint density at radius 3 is 2.77 bits per heavy atom. The summed E-state index contributed by atoms with van der Waals surface area (Å²) >= 11 is 0. The molecular formula is C15H18N2O5. The largest absolute Gasteiger partial charge is 0.454 e. The van der Waals surface area contributed by atoms with Crippen molar-refractivity contribution in [2.24, 2.45) is 0 Å². The number of amides is 3. The van der Waals surface area contributed by atoms with Crippen LogP contribution in [-0.4, -0.2) is 49.9 Å². The molecule has 118 valence electrons. The summed E-state index contributed by atoms with van der Waals surface area (Å²) in [7, 11) is 1.52. The Labute approximate surface area is 128 Å². The summed E-state index contributed by atoms with van der Waals surface area (Å²) in [4.78, 5) is 27.9. The third-order valence-electron chi connectivity index (χ3n) is 3.72. The zero-order chi connectivity index (χ0) is 15.7. The molecule has 0 aliphatic carbocycles. The highest BCUT2D eigenvalue weighted by Crippen LogP contribution is 2.37. The number of hydrogen-bond donors (Lipinski definition) is 0. The number of carbonyl (C=O) groups is 2. The van der Waals surface area contributed by atoms with E-state index in [1.165, 1.54) is 12.0 Å². The van der Waals surface area contributed by atoms with Crippen LogP contribution in [0.25, 0.3) is 0 Å². The molecule has 2 aliphatic rings. The Balaban J connectivity index is 1.92. The van der Waals surface area contributed by atoms with Gasteiger partial charge in [-0.05, 0) is 18.6 Å². The molecule has 1 saturated heterocycles. The number of carbonyl (C=O) groups excluding carboxylic acids is 2. The molecule has 1 aromatic rings. The van der Waals surface area contributed by atoms with Crippen LogP contribution in [0, 0.1) is 0 Å². The Morgan fingerprint density at radius 1 is 1.27 bits per heavy atom. The van der Waals surface area contributed by atoms with Crippen LogP contribution < -0.4 is 14.4 Å². The van der Waals surface area contributed by atoms with Gasteiger partial charge in [-0.15, -0.1) is 0 Å². The third-order valence-corrected chi connectivity index (χ3v) is 3.72. The molecule has 0 saturated carbocycles. The van der Waals surface area contributed by atoms with Crippen molar-refractivity contribution in [3.63, 3.8) is 0 Å². The Bertz CT molecular complexity index is 580. The average Bonchev–Trinajstić information content (AvgIpc) is 3.05. The number of rotatable bonds is 5. The van der Waals surface area contributed by atoms with E-state index in [9.17, 15) is 9.59 Å². The molecule has 0 bridgehead atoms. The molecule has 0 radical (unpaired) electrons. The number of benzene rings is 1. The number of ether oxygens (including phenoxy) is 3. The Morgan fingerprint density at radius 2 is 2.05 bits per heavy atom. The van der Waals surface area contributed by atoms with Crippen LogP contribution >= 0.6 is 0 Å². The number of nitrogens with zero attached hydrogens (tertiary/aromatic N) is 2. The second-order valence-corrected chi connectivity index (χ2v) is 5.16. The lowest BCUT2D eigenvalue weighted by molar-refractivity contribution is -0.121. The monoisotopic (exact) mass is 306 g/mol. The second kappa shape index (κ2) is 5.84. The molecule has 1 aromatic carbocycles. The van der Waals surface area contributed by atoms with Crippen molar-refractivity contribution in [1.82, 2.24) is 4.90 Å². The lowest BCUT2D eigenvalue weighted by Crippen LogP contribution is -2.38. The van der Waals surface area contributed by atoms with E-state index in [0.717, 1.165) is 6.42 Å². The molecule has 1 fully saturated rings. The minimum absolute atomic E-state index is 0.148. The van der Waals surface area contributed by atoms with E-state index in [2.05, 4.69) is 0 Å². The molecule has 0 aromatic heterocycles. The van der Waals surface area contributed by atoms with Gasteiger partial charge in [0.15, 0.2) is 11.5 Å². The first-order chi connectivity index (χ1) is 10.7. The maximum Gasteiger partial charge on any atom is 0.332 e. The van der Waals surface area contributed by atoms with Crippen LogP contribution in [0.2, 0.25) is 0 Å². The van der Waals surface area contributed by atoms with Gasteiger partial charge >= 0.3 is 6.03 Å². The van der Waals surface area contributed by atoms with Gasteiger partial charge in [-0.1, -0.05) is 6.92 Å². The smallest absolute Gasteiger partial charge is 0.332 e. The minimum Gasteiger partial charge on any atom is -0.454 e. The van der Waals surface area contributed by atoms with Gasteiger partial charge in [-0.25, -0.2) is 9.69 Å². The third kappa shape index (κ3) is 2.27. The van der Waals surface area contributed by atoms with Gasteiger partial charge in [0.1, 0.15) is 6.04 Å². The van der Waals surface area contributed by atoms with E-state index in [1.807, 2.05) is 6.92 Å². The topological polar surface area (TPSA) is 68.3 Å². The molecule has 0 N–H and O–H groups in total. The molecule has 22 heavy (non-hydrogen) atoms. The van der Waals surface area contributed by atoms with E-state index in [1.54, 1.807) is 23.1 Å². The zero-order valence-corrected chi connectivity index (χ0v) is 12.6.